The van der Waals surface area contributed by atoms with Gasteiger partial charge in [0.05, 0.1) is 24.3 Å². The Morgan fingerprint density at radius 3 is 2.38 bits per heavy atom. The van der Waals surface area contributed by atoms with E-state index in [-0.39, 0.29) is 24.3 Å². The number of ether oxygens (including phenoxy) is 3. The van der Waals surface area contributed by atoms with Crippen molar-refractivity contribution in [1.29, 1.82) is 0 Å². The molecule has 0 radical (unpaired) electrons. The van der Waals surface area contributed by atoms with Crippen LogP contribution in [0.15, 0.2) is 30.3 Å². The van der Waals surface area contributed by atoms with Crippen LogP contribution in [0.5, 0.6) is 11.5 Å². The van der Waals surface area contributed by atoms with Crippen LogP contribution in [0.2, 0.25) is 0 Å². The number of fused-ring (bicyclic) bond motifs is 1. The number of methoxy groups -OCH3 is 2. The average Bonchev–Trinajstić information content (AvgIpc) is 2.76. The molecule has 0 fully saturated rings. The van der Waals surface area contributed by atoms with Gasteiger partial charge >= 0.3 is 6.18 Å². The summed E-state index contributed by atoms with van der Waals surface area (Å²) in [7, 11) is 3.17. The van der Waals surface area contributed by atoms with E-state index >= 15 is 0 Å². The third-order valence-electron chi connectivity index (χ3n) is 5.34. The molecule has 1 aromatic heterocycles. The summed E-state index contributed by atoms with van der Waals surface area (Å²) < 4.78 is 56.4. The first kappa shape index (κ1) is 25.4. The topological polar surface area (TPSA) is 91.5 Å². The Kier molecular flexibility index (Phi) is 7.71. The number of aryl methyl sites for hydroxylation is 1. The van der Waals surface area contributed by atoms with Crippen molar-refractivity contribution in [3.8, 4) is 11.5 Å². The molecular formula is C24H29F3N4O3. The number of alkyl halides is 3. The van der Waals surface area contributed by atoms with E-state index in [4.69, 9.17) is 19.9 Å². The second-order valence-electron chi connectivity index (χ2n) is 8.28. The molecule has 34 heavy (non-hydrogen) atoms. The van der Waals surface area contributed by atoms with Crippen molar-refractivity contribution in [2.75, 3.05) is 31.9 Å². The Balaban J connectivity index is 1.94. The number of hydrogen-bond acceptors (Lipinski definition) is 7. The van der Waals surface area contributed by atoms with Gasteiger partial charge < -0.3 is 25.3 Å². The molecule has 10 heteroatoms. The monoisotopic (exact) mass is 478 g/mol. The first-order chi connectivity index (χ1) is 16.0. The molecular weight excluding hydrogens is 449 g/mol. The zero-order chi connectivity index (χ0) is 25.0. The van der Waals surface area contributed by atoms with Crippen LogP contribution in [-0.2, 0) is 17.5 Å². The highest BCUT2D eigenvalue weighted by molar-refractivity contribution is 5.91. The maximum atomic E-state index is 13.2. The summed E-state index contributed by atoms with van der Waals surface area (Å²) in [5, 5.41) is 3.75. The van der Waals surface area contributed by atoms with Crippen LogP contribution < -0.4 is 20.5 Å². The lowest BCUT2D eigenvalue weighted by Crippen LogP contribution is -2.26. The summed E-state index contributed by atoms with van der Waals surface area (Å²) in [6.07, 6.45) is -4.60. The molecule has 0 aliphatic heterocycles. The number of nitrogen functional groups attached to an aromatic ring is 1. The van der Waals surface area contributed by atoms with E-state index in [0.717, 1.165) is 12.1 Å². The van der Waals surface area contributed by atoms with E-state index in [1.807, 2.05) is 13.8 Å². The third-order valence-corrected chi connectivity index (χ3v) is 5.34. The third kappa shape index (κ3) is 5.99. The van der Waals surface area contributed by atoms with Gasteiger partial charge in [0.2, 0.25) is 0 Å². The second-order valence-corrected chi connectivity index (χ2v) is 8.28. The highest BCUT2D eigenvalue weighted by Crippen LogP contribution is 2.35. The molecule has 0 aliphatic carbocycles. The normalized spacial score (nSPS) is 12.7. The van der Waals surface area contributed by atoms with Gasteiger partial charge in [-0.1, -0.05) is 13.8 Å². The Morgan fingerprint density at radius 2 is 1.76 bits per heavy atom. The van der Waals surface area contributed by atoms with Crippen molar-refractivity contribution in [1.82, 2.24) is 9.97 Å². The molecule has 0 spiro atoms. The number of benzene rings is 2. The molecule has 1 atom stereocenters. The number of anilines is 2. The van der Waals surface area contributed by atoms with Gasteiger partial charge in [-0.2, -0.15) is 13.2 Å². The van der Waals surface area contributed by atoms with Crippen molar-refractivity contribution in [3.05, 3.63) is 47.3 Å². The second kappa shape index (κ2) is 10.3. The Bertz CT molecular complexity index is 1150. The number of nitrogens with two attached hydrogens (primary N) is 1. The van der Waals surface area contributed by atoms with Crippen LogP contribution in [0.3, 0.4) is 0 Å². The molecule has 2 aromatic carbocycles. The van der Waals surface area contributed by atoms with Gasteiger partial charge in [-0.15, -0.1) is 0 Å². The first-order valence-corrected chi connectivity index (χ1v) is 10.7. The molecule has 0 bridgehead atoms. The van der Waals surface area contributed by atoms with Crippen LogP contribution in [0.25, 0.3) is 10.9 Å². The summed E-state index contributed by atoms with van der Waals surface area (Å²) in [6.45, 7) is 6.20. The highest BCUT2D eigenvalue weighted by atomic mass is 19.4. The number of nitrogens with zero attached hydrogens (tertiary/aromatic N) is 2. The molecule has 7 nitrogen and oxygen atoms in total. The van der Waals surface area contributed by atoms with Crippen molar-refractivity contribution in [2.24, 2.45) is 5.92 Å². The van der Waals surface area contributed by atoms with Crippen LogP contribution in [0.1, 0.15) is 30.8 Å². The van der Waals surface area contributed by atoms with Gasteiger partial charge in [0, 0.05) is 30.8 Å². The Morgan fingerprint density at radius 1 is 1.03 bits per heavy atom. The lowest BCUT2D eigenvalue weighted by atomic mass is 10.1. The van der Waals surface area contributed by atoms with Gasteiger partial charge in [-0.25, -0.2) is 9.97 Å². The molecule has 3 aromatic rings. The summed E-state index contributed by atoms with van der Waals surface area (Å²) in [4.78, 5) is 8.91. The van der Waals surface area contributed by atoms with Crippen LogP contribution in [0.4, 0.5) is 24.7 Å². The number of halogens is 3. The van der Waals surface area contributed by atoms with E-state index in [1.165, 1.54) is 13.2 Å². The van der Waals surface area contributed by atoms with Crippen molar-refractivity contribution >= 4 is 22.4 Å². The van der Waals surface area contributed by atoms with Crippen LogP contribution in [-0.4, -0.2) is 36.9 Å². The van der Waals surface area contributed by atoms with E-state index in [0.29, 0.717) is 46.2 Å². The smallest absolute Gasteiger partial charge is 0.416 e. The average molecular weight is 479 g/mol. The predicted molar refractivity (Wildman–Crippen MR) is 125 cm³/mol. The molecule has 0 saturated heterocycles. The molecule has 3 N–H and O–H groups in total. The van der Waals surface area contributed by atoms with E-state index in [9.17, 15) is 13.2 Å². The molecule has 1 heterocycles. The Hall–Kier alpha value is -3.27. The fourth-order valence-corrected chi connectivity index (χ4v) is 3.53. The molecule has 0 saturated carbocycles. The SMILES string of the molecule is COc1cc2nc(C)nc(NCc3cc(N)cc(C(F)(F)F)c3)c2cc1OCC(OC)C(C)C. The van der Waals surface area contributed by atoms with Gasteiger partial charge in [0.15, 0.2) is 11.5 Å². The minimum atomic E-state index is -4.48. The summed E-state index contributed by atoms with van der Waals surface area (Å²) in [6, 6.07) is 6.96. The van der Waals surface area contributed by atoms with Crippen LogP contribution in [0, 0.1) is 12.8 Å². The van der Waals surface area contributed by atoms with Gasteiger partial charge in [0.25, 0.3) is 0 Å². The first-order valence-electron chi connectivity index (χ1n) is 10.7. The van der Waals surface area contributed by atoms with Crippen LogP contribution >= 0.6 is 0 Å². The lowest BCUT2D eigenvalue weighted by molar-refractivity contribution is -0.137. The Labute approximate surface area is 196 Å². The molecule has 3 rings (SSSR count). The van der Waals surface area contributed by atoms with Gasteiger partial charge in [-0.05, 0) is 42.7 Å². The van der Waals surface area contributed by atoms with Crippen molar-refractivity contribution in [2.45, 2.75) is 39.6 Å². The minimum absolute atomic E-state index is 0.0358. The van der Waals surface area contributed by atoms with E-state index < -0.39 is 11.7 Å². The fourth-order valence-electron chi connectivity index (χ4n) is 3.53. The predicted octanol–water partition coefficient (Wildman–Crippen LogP) is 5.21. The number of hydrogen-bond donors (Lipinski definition) is 2. The standard InChI is InChI=1S/C24H29F3N4O3/c1-13(2)22(33-5)12-34-21-9-18-19(10-20(21)32-4)30-14(3)31-23(18)29-11-15-6-16(24(25,26)27)8-17(28)7-15/h6-10,13,22H,11-12,28H2,1-5H3,(H,29,30,31). The summed E-state index contributed by atoms with van der Waals surface area (Å²) in [5.41, 5.74) is 5.91. The van der Waals surface area contributed by atoms with E-state index in [2.05, 4.69) is 15.3 Å². The maximum absolute atomic E-state index is 13.2. The van der Waals surface area contributed by atoms with Crippen molar-refractivity contribution in [3.63, 3.8) is 0 Å². The molecule has 0 amide bonds. The van der Waals surface area contributed by atoms with Gasteiger partial charge in [0.1, 0.15) is 18.2 Å². The summed E-state index contributed by atoms with van der Waals surface area (Å²) in [5.74, 6) is 2.18. The quantitative estimate of drug-likeness (QED) is 0.408. The maximum Gasteiger partial charge on any atom is 0.416 e. The molecule has 1 unspecified atom stereocenters. The zero-order valence-corrected chi connectivity index (χ0v) is 19.8. The number of nitrogens with one attached hydrogen (secondary N) is 1. The fraction of sp³-hybridized carbons (Fsp3) is 0.417. The lowest BCUT2D eigenvalue weighted by Gasteiger charge is -2.21. The largest absolute Gasteiger partial charge is 0.493 e. The molecule has 184 valence electrons. The number of aromatic nitrogens is 2. The molecule has 0 aliphatic rings. The van der Waals surface area contributed by atoms with Gasteiger partial charge in [-0.3, -0.25) is 0 Å². The number of rotatable bonds is 9. The summed E-state index contributed by atoms with van der Waals surface area (Å²) >= 11 is 0. The highest BCUT2D eigenvalue weighted by Gasteiger charge is 2.31. The van der Waals surface area contributed by atoms with Crippen molar-refractivity contribution < 1.29 is 27.4 Å². The van der Waals surface area contributed by atoms with E-state index in [1.54, 1.807) is 26.2 Å². The minimum Gasteiger partial charge on any atom is -0.493 e. The zero-order valence-electron chi connectivity index (χ0n) is 19.8.